The summed E-state index contributed by atoms with van der Waals surface area (Å²) in [6, 6.07) is 3.59. The molecule has 288 valence electrons. The van der Waals surface area contributed by atoms with E-state index in [1.165, 1.54) is 29.4 Å². The molecule has 0 radical (unpaired) electrons. The minimum atomic E-state index is -5.10. The third kappa shape index (κ3) is 6.28. The van der Waals surface area contributed by atoms with Gasteiger partial charge in [0.1, 0.15) is 34.4 Å². The quantitative estimate of drug-likeness (QED) is 0.180. The maximum absolute atomic E-state index is 15.3. The number of fused-ring (bicyclic) bond motifs is 5. The molecule has 23 heteroatoms. The predicted molar refractivity (Wildman–Crippen MR) is 184 cm³/mol. The molecule has 1 saturated carbocycles. The Morgan fingerprint density at radius 1 is 1.15 bits per heavy atom. The summed E-state index contributed by atoms with van der Waals surface area (Å²) in [5.41, 5.74) is -2.80. The van der Waals surface area contributed by atoms with E-state index in [9.17, 15) is 40.0 Å². The summed E-state index contributed by atoms with van der Waals surface area (Å²) in [5, 5.41) is 10.2. The van der Waals surface area contributed by atoms with Gasteiger partial charge in [-0.25, -0.2) is 27.2 Å². The fourth-order valence-electron chi connectivity index (χ4n) is 7.22. The smallest absolute Gasteiger partial charge is 0.344 e. The van der Waals surface area contributed by atoms with Crippen LogP contribution in [0.1, 0.15) is 46.7 Å². The number of carbonyl (C=O) groups is 1. The van der Waals surface area contributed by atoms with Crippen LogP contribution in [0.3, 0.4) is 0 Å². The Hall–Kier alpha value is -5.09. The monoisotopic (exact) mass is 829 g/mol. The third-order valence-electron chi connectivity index (χ3n) is 9.34. The van der Waals surface area contributed by atoms with Gasteiger partial charge in [-0.3, -0.25) is 28.2 Å². The number of nitrogens with zero attached hydrogens (tertiary/aromatic N) is 7. The van der Waals surface area contributed by atoms with Crippen molar-refractivity contribution in [1.29, 1.82) is 0 Å². The van der Waals surface area contributed by atoms with E-state index in [0.717, 1.165) is 34.3 Å². The molecular weight excluding hydrogens is 807 g/mol. The van der Waals surface area contributed by atoms with Crippen molar-refractivity contribution in [3.63, 3.8) is 0 Å². The molecule has 1 fully saturated rings. The molecule has 4 heterocycles. The largest absolute Gasteiger partial charge is 0.435 e. The number of aryl methyl sites for hydroxylation is 1. The van der Waals surface area contributed by atoms with Gasteiger partial charge < -0.3 is 5.32 Å². The molecule has 0 bridgehead atoms. The van der Waals surface area contributed by atoms with E-state index >= 15 is 8.78 Å². The van der Waals surface area contributed by atoms with Gasteiger partial charge in [-0.15, -0.1) is 11.3 Å². The highest BCUT2D eigenvalue weighted by Crippen LogP contribution is 2.68. The second kappa shape index (κ2) is 12.5. The number of hydrogen-bond acceptors (Lipinski definition) is 9. The van der Waals surface area contributed by atoms with Crippen molar-refractivity contribution in [1.82, 2.24) is 39.4 Å². The Kier molecular flexibility index (Phi) is 8.35. The Morgan fingerprint density at radius 2 is 1.85 bits per heavy atom. The molecule has 3 atom stereocenters. The zero-order valence-corrected chi connectivity index (χ0v) is 30.3. The van der Waals surface area contributed by atoms with Gasteiger partial charge in [0.05, 0.1) is 39.4 Å². The van der Waals surface area contributed by atoms with Crippen LogP contribution in [0.25, 0.3) is 26.9 Å². The number of thiazole rings is 1. The maximum atomic E-state index is 15.3. The number of amides is 1. The van der Waals surface area contributed by atoms with E-state index in [1.807, 2.05) is 0 Å². The van der Waals surface area contributed by atoms with Crippen LogP contribution >= 0.6 is 22.9 Å². The normalized spacial score (nSPS) is 18.1. The summed E-state index contributed by atoms with van der Waals surface area (Å²) in [7, 11) is -2.48. The zero-order valence-electron chi connectivity index (χ0n) is 27.9. The molecule has 55 heavy (non-hydrogen) atoms. The number of nitrogens with one attached hydrogen (secondary N) is 2. The standard InChI is InChI=1S/C32H23ClF7N9O4S2/c1-47-23-19(4-3-17(33)22(23)27(45-47)46-55(2,52)53)49-29(43-28-24(30(49)51)54-11-41-28)18(7-12-5-13(34)8-14(35)6-12)42-20(50)10-48-26-21(25(44-48)32(38,39)40)15-9-16(15)31(26,36)37/h3-6,8,11,15-16,18H,7,9-10H2,1-2H3,(H,42,50)(H,45,46)/t15-,16+,18-/m0/s1. The van der Waals surface area contributed by atoms with E-state index in [0.29, 0.717) is 10.7 Å². The number of aromatic nitrogens is 7. The van der Waals surface area contributed by atoms with Crippen LogP contribution in [0, 0.1) is 17.6 Å². The molecule has 13 nitrogen and oxygen atoms in total. The molecule has 4 aromatic heterocycles. The lowest BCUT2D eigenvalue weighted by Gasteiger charge is -2.23. The Labute approximate surface area is 312 Å². The third-order valence-corrected chi connectivity index (χ3v) is 11.0. The molecule has 2 aliphatic carbocycles. The van der Waals surface area contributed by atoms with Crippen molar-refractivity contribution in [3.8, 4) is 5.69 Å². The van der Waals surface area contributed by atoms with Crippen molar-refractivity contribution < 1.29 is 43.9 Å². The number of rotatable bonds is 9. The SMILES string of the molecule is Cn1nc(NS(C)(=O)=O)c2c(Cl)ccc(-n3c([C@H](Cc4cc(F)cc(F)c4)NC(=O)Cn4nc(C(F)(F)F)c5c4C(F)(F)[C@@H]4C[C@H]54)nc4ncsc4c3=O)c21. The molecule has 6 aromatic rings. The van der Waals surface area contributed by atoms with Crippen molar-refractivity contribution in [2.24, 2.45) is 13.0 Å². The van der Waals surface area contributed by atoms with Gasteiger partial charge in [0.25, 0.3) is 11.5 Å². The van der Waals surface area contributed by atoms with Crippen molar-refractivity contribution in [2.45, 2.75) is 43.4 Å². The van der Waals surface area contributed by atoms with E-state index in [4.69, 9.17) is 11.6 Å². The first-order chi connectivity index (χ1) is 25.7. The summed E-state index contributed by atoms with van der Waals surface area (Å²) in [4.78, 5) is 36.8. The van der Waals surface area contributed by atoms with Crippen LogP contribution in [0.5, 0.6) is 0 Å². The lowest BCUT2D eigenvalue weighted by atomic mass is 10.0. The molecule has 0 saturated heterocycles. The number of benzene rings is 2. The fraction of sp³-hybridized carbons (Fsp3) is 0.312. The summed E-state index contributed by atoms with van der Waals surface area (Å²) in [6.07, 6.45) is -4.89. The van der Waals surface area contributed by atoms with E-state index in [2.05, 4.69) is 30.2 Å². The highest BCUT2D eigenvalue weighted by Gasteiger charge is 2.68. The molecule has 2 N–H and O–H groups in total. The average Bonchev–Trinajstić information content (AvgIpc) is 3.28. The van der Waals surface area contributed by atoms with Gasteiger partial charge in [-0.2, -0.15) is 32.1 Å². The first kappa shape index (κ1) is 36.9. The Morgan fingerprint density at radius 3 is 2.53 bits per heavy atom. The minimum Gasteiger partial charge on any atom is -0.344 e. The number of carbonyl (C=O) groups excluding carboxylic acids is 1. The van der Waals surface area contributed by atoms with Crippen molar-refractivity contribution in [3.05, 3.63) is 91.2 Å². The lowest BCUT2D eigenvalue weighted by molar-refractivity contribution is -0.142. The lowest BCUT2D eigenvalue weighted by Crippen LogP contribution is -2.38. The Balaban J connectivity index is 1.29. The van der Waals surface area contributed by atoms with Crippen LogP contribution in [-0.4, -0.2) is 54.7 Å². The summed E-state index contributed by atoms with van der Waals surface area (Å²) in [6.45, 7) is -1.14. The number of halogens is 8. The molecular formula is C32H23ClF7N9O4S2. The van der Waals surface area contributed by atoms with Gasteiger partial charge in [0.15, 0.2) is 17.2 Å². The second-order valence-corrected chi connectivity index (χ2v) is 16.2. The first-order valence-corrected chi connectivity index (χ1v) is 19.2. The number of hydrogen-bond donors (Lipinski definition) is 2. The number of sulfonamides is 1. The number of anilines is 1. The molecule has 1 amide bonds. The van der Waals surface area contributed by atoms with Gasteiger partial charge in [-0.05, 0) is 42.2 Å². The van der Waals surface area contributed by atoms with Gasteiger partial charge >= 0.3 is 6.18 Å². The summed E-state index contributed by atoms with van der Waals surface area (Å²) >= 11 is 7.41. The molecule has 0 unspecified atom stereocenters. The summed E-state index contributed by atoms with van der Waals surface area (Å²) < 4.78 is 131. The predicted octanol–water partition coefficient (Wildman–Crippen LogP) is 5.56. The van der Waals surface area contributed by atoms with Crippen LogP contribution in [0.4, 0.5) is 36.6 Å². The van der Waals surface area contributed by atoms with Crippen LogP contribution in [0.15, 0.2) is 40.6 Å². The second-order valence-electron chi connectivity index (χ2n) is 13.2. The van der Waals surface area contributed by atoms with E-state index in [1.54, 1.807) is 0 Å². The first-order valence-electron chi connectivity index (χ1n) is 16.0. The van der Waals surface area contributed by atoms with Crippen LogP contribution in [0.2, 0.25) is 5.02 Å². The highest BCUT2D eigenvalue weighted by molar-refractivity contribution is 7.92. The van der Waals surface area contributed by atoms with Gasteiger partial charge in [0, 0.05) is 31.0 Å². The van der Waals surface area contributed by atoms with Gasteiger partial charge in [0.2, 0.25) is 15.9 Å². The molecule has 0 spiro atoms. The molecule has 2 aliphatic rings. The van der Waals surface area contributed by atoms with E-state index in [-0.39, 0.29) is 55.6 Å². The van der Waals surface area contributed by atoms with Crippen molar-refractivity contribution >= 4 is 65.9 Å². The zero-order chi connectivity index (χ0) is 39.5. The fourth-order valence-corrected chi connectivity index (χ4v) is 8.61. The summed E-state index contributed by atoms with van der Waals surface area (Å²) in [5.74, 6) is -9.86. The molecule has 0 aliphatic heterocycles. The highest BCUT2D eigenvalue weighted by atomic mass is 35.5. The molecule has 2 aromatic carbocycles. The minimum absolute atomic E-state index is 0.0120. The molecule has 8 rings (SSSR count). The average molecular weight is 830 g/mol. The van der Waals surface area contributed by atoms with Crippen LogP contribution < -0.4 is 15.6 Å². The van der Waals surface area contributed by atoms with Crippen LogP contribution in [-0.2, 0) is 46.9 Å². The Bertz CT molecular complexity index is 2760. The van der Waals surface area contributed by atoms with Gasteiger partial charge in [-0.1, -0.05) is 11.6 Å². The topological polar surface area (TPSA) is 159 Å². The number of alkyl halides is 5. The van der Waals surface area contributed by atoms with E-state index < -0.39 is 93.0 Å². The van der Waals surface area contributed by atoms with Crippen molar-refractivity contribution in [2.75, 3.05) is 11.0 Å². The maximum Gasteiger partial charge on any atom is 0.435 e.